The molecule has 0 N–H and O–H groups in total. The van der Waals surface area contributed by atoms with Crippen molar-refractivity contribution >= 4 is 31.8 Å². The molecule has 24 heavy (non-hydrogen) atoms. The predicted molar refractivity (Wildman–Crippen MR) is 108 cm³/mol. The van der Waals surface area contributed by atoms with Crippen LogP contribution in [0.25, 0.3) is 0 Å². The van der Waals surface area contributed by atoms with E-state index in [1.807, 2.05) is 30.3 Å². The SMILES string of the molecule is Cc1cccc(N=C(c2ccccc2)c2cccs2)c1O[SiH](C)C.[H+]. The fourth-order valence-corrected chi connectivity index (χ4v) is 4.02. The van der Waals surface area contributed by atoms with Gasteiger partial charge >= 0.3 is 1.43 Å². The molecule has 0 saturated carbocycles. The predicted octanol–water partition coefficient (Wildman–Crippen LogP) is 5.70. The Balaban J connectivity index is 0.00000225. The Hall–Kier alpha value is -2.17. The van der Waals surface area contributed by atoms with Gasteiger partial charge in [0.2, 0.25) is 9.04 Å². The van der Waals surface area contributed by atoms with Gasteiger partial charge < -0.3 is 4.43 Å². The standard InChI is InChI=1S/C20H21NOSSi/c1-15-9-7-12-17(20(15)22-24(2)3)21-19(18-13-8-14-23-18)16-10-5-4-6-11-16/h4-14,24H,1-3H3/p+1. The maximum atomic E-state index is 6.17. The van der Waals surface area contributed by atoms with Gasteiger partial charge in [0.1, 0.15) is 11.4 Å². The Bertz CT molecular complexity index is 832. The second-order valence-corrected chi connectivity index (χ2v) is 9.17. The second-order valence-electron chi connectivity index (χ2n) is 5.89. The molecule has 4 heteroatoms. The molecule has 122 valence electrons. The quantitative estimate of drug-likeness (QED) is 0.426. The minimum absolute atomic E-state index is 0. The molecule has 3 rings (SSSR count). The maximum absolute atomic E-state index is 6.17. The van der Waals surface area contributed by atoms with Crippen LogP contribution in [0.2, 0.25) is 13.1 Å². The number of hydrogen-bond acceptors (Lipinski definition) is 3. The maximum Gasteiger partial charge on any atom is 1.00 e. The zero-order valence-electron chi connectivity index (χ0n) is 15.2. The van der Waals surface area contributed by atoms with Crippen molar-refractivity contribution in [2.75, 3.05) is 0 Å². The number of para-hydroxylation sites is 1. The van der Waals surface area contributed by atoms with Crippen LogP contribution in [-0.2, 0) is 0 Å². The van der Waals surface area contributed by atoms with Gasteiger partial charge in [-0.3, -0.25) is 0 Å². The average Bonchev–Trinajstić information content (AvgIpc) is 3.10. The smallest absolute Gasteiger partial charge is 0.545 e. The van der Waals surface area contributed by atoms with Crippen LogP contribution in [0, 0.1) is 6.92 Å². The molecule has 0 aliphatic rings. The first-order chi connectivity index (χ1) is 11.6. The normalized spacial score (nSPS) is 11.8. The van der Waals surface area contributed by atoms with Crippen LogP contribution in [0.1, 0.15) is 17.4 Å². The summed E-state index contributed by atoms with van der Waals surface area (Å²) in [6, 6.07) is 20.7. The summed E-state index contributed by atoms with van der Waals surface area (Å²) in [6.45, 7) is 6.44. The van der Waals surface area contributed by atoms with Gasteiger partial charge in [-0.2, -0.15) is 0 Å². The van der Waals surface area contributed by atoms with Crippen molar-refractivity contribution in [3.05, 3.63) is 82.0 Å². The van der Waals surface area contributed by atoms with Crippen molar-refractivity contribution in [2.45, 2.75) is 20.0 Å². The van der Waals surface area contributed by atoms with E-state index in [4.69, 9.17) is 9.42 Å². The van der Waals surface area contributed by atoms with Gasteiger partial charge in [0.05, 0.1) is 10.6 Å². The minimum atomic E-state index is -1.20. The summed E-state index contributed by atoms with van der Waals surface area (Å²) < 4.78 is 6.17. The lowest BCUT2D eigenvalue weighted by Crippen LogP contribution is -2.12. The topological polar surface area (TPSA) is 21.6 Å². The van der Waals surface area contributed by atoms with Crippen molar-refractivity contribution in [3.63, 3.8) is 0 Å². The molecule has 0 fully saturated rings. The molecular weight excluding hydrogens is 330 g/mol. The third-order valence-corrected chi connectivity index (χ3v) is 5.16. The highest BCUT2D eigenvalue weighted by Gasteiger charge is 2.13. The van der Waals surface area contributed by atoms with Gasteiger partial charge in [0, 0.05) is 5.56 Å². The van der Waals surface area contributed by atoms with Crippen LogP contribution in [0.15, 0.2) is 71.0 Å². The van der Waals surface area contributed by atoms with Gasteiger partial charge in [0.25, 0.3) is 0 Å². The lowest BCUT2D eigenvalue weighted by Gasteiger charge is -2.15. The van der Waals surface area contributed by atoms with Crippen LogP contribution in [0.3, 0.4) is 0 Å². The molecule has 0 amide bonds. The number of aliphatic imine (C=N–C) groups is 1. The molecule has 2 nitrogen and oxygen atoms in total. The van der Waals surface area contributed by atoms with Gasteiger partial charge in [-0.1, -0.05) is 48.5 Å². The number of thiophene rings is 1. The zero-order chi connectivity index (χ0) is 16.9. The Morgan fingerprint density at radius 2 is 1.79 bits per heavy atom. The molecule has 0 spiro atoms. The molecule has 0 atom stereocenters. The lowest BCUT2D eigenvalue weighted by atomic mass is 10.1. The van der Waals surface area contributed by atoms with E-state index in [1.54, 1.807) is 11.3 Å². The zero-order valence-corrected chi connectivity index (χ0v) is 16.2. The van der Waals surface area contributed by atoms with Crippen LogP contribution in [0.4, 0.5) is 5.69 Å². The van der Waals surface area contributed by atoms with Crippen molar-refractivity contribution in [2.24, 2.45) is 4.99 Å². The highest BCUT2D eigenvalue weighted by molar-refractivity contribution is 7.12. The summed E-state index contributed by atoms with van der Waals surface area (Å²) in [7, 11) is -1.20. The fraction of sp³-hybridized carbons (Fsp3) is 0.150. The molecular formula is C20H22NOSSi+. The number of aryl methyl sites for hydroxylation is 1. The van der Waals surface area contributed by atoms with E-state index in [2.05, 4.69) is 55.7 Å². The van der Waals surface area contributed by atoms with Crippen molar-refractivity contribution in [3.8, 4) is 5.75 Å². The minimum Gasteiger partial charge on any atom is -0.545 e. The summed E-state index contributed by atoms with van der Waals surface area (Å²) in [5, 5.41) is 2.09. The van der Waals surface area contributed by atoms with Gasteiger partial charge in [-0.05, 0) is 43.1 Å². The largest absolute Gasteiger partial charge is 1.00 e. The monoisotopic (exact) mass is 352 g/mol. The fourth-order valence-electron chi connectivity index (χ4n) is 2.51. The van der Waals surface area contributed by atoms with E-state index in [-0.39, 0.29) is 1.43 Å². The van der Waals surface area contributed by atoms with Gasteiger partial charge in [0.15, 0.2) is 0 Å². The first-order valence-corrected chi connectivity index (χ1v) is 11.8. The van der Waals surface area contributed by atoms with E-state index in [1.165, 1.54) is 0 Å². The summed E-state index contributed by atoms with van der Waals surface area (Å²) >= 11 is 1.71. The van der Waals surface area contributed by atoms with E-state index in [0.717, 1.165) is 33.2 Å². The Labute approximate surface area is 150 Å². The van der Waals surface area contributed by atoms with Gasteiger partial charge in [-0.15, -0.1) is 11.3 Å². The molecule has 0 aliphatic heterocycles. The van der Waals surface area contributed by atoms with E-state index < -0.39 is 9.04 Å². The highest BCUT2D eigenvalue weighted by atomic mass is 32.1. The molecule has 3 aromatic rings. The molecule has 2 aromatic carbocycles. The van der Waals surface area contributed by atoms with E-state index >= 15 is 0 Å². The molecule has 0 bridgehead atoms. The first-order valence-electron chi connectivity index (χ1n) is 8.09. The molecule has 0 unspecified atom stereocenters. The number of rotatable bonds is 5. The molecule has 0 aliphatic carbocycles. The van der Waals surface area contributed by atoms with Gasteiger partial charge in [-0.25, -0.2) is 4.99 Å². The van der Waals surface area contributed by atoms with E-state index in [0.29, 0.717) is 0 Å². The van der Waals surface area contributed by atoms with Crippen molar-refractivity contribution < 1.29 is 5.85 Å². The first kappa shape index (κ1) is 16.7. The number of hydrogen-bond donors (Lipinski definition) is 0. The summed E-state index contributed by atoms with van der Waals surface area (Å²) in [5.41, 5.74) is 4.15. The van der Waals surface area contributed by atoms with Crippen LogP contribution < -0.4 is 4.43 Å². The Morgan fingerprint density at radius 1 is 1.00 bits per heavy atom. The molecule has 0 radical (unpaired) electrons. The van der Waals surface area contributed by atoms with E-state index in [9.17, 15) is 0 Å². The Kier molecular flexibility index (Phi) is 5.28. The molecule has 0 saturated heterocycles. The lowest BCUT2D eigenvalue weighted by molar-refractivity contribution is 0.577. The second kappa shape index (κ2) is 7.60. The van der Waals surface area contributed by atoms with Crippen molar-refractivity contribution in [1.82, 2.24) is 0 Å². The van der Waals surface area contributed by atoms with Crippen LogP contribution in [-0.4, -0.2) is 14.8 Å². The number of nitrogens with zero attached hydrogens (tertiary/aromatic N) is 1. The summed E-state index contributed by atoms with van der Waals surface area (Å²) in [4.78, 5) is 6.17. The van der Waals surface area contributed by atoms with Crippen LogP contribution in [0.5, 0.6) is 5.75 Å². The third-order valence-electron chi connectivity index (χ3n) is 3.58. The summed E-state index contributed by atoms with van der Waals surface area (Å²) in [6.07, 6.45) is 0. The van der Waals surface area contributed by atoms with Crippen molar-refractivity contribution in [1.29, 1.82) is 0 Å². The highest BCUT2D eigenvalue weighted by Crippen LogP contribution is 2.33. The third kappa shape index (κ3) is 3.83. The number of benzene rings is 2. The molecule has 1 aromatic heterocycles. The summed E-state index contributed by atoms with van der Waals surface area (Å²) in [5.74, 6) is 0.921. The molecule has 1 heterocycles. The van der Waals surface area contributed by atoms with Crippen LogP contribution >= 0.6 is 11.3 Å². The average molecular weight is 353 g/mol. The Morgan fingerprint density at radius 3 is 2.46 bits per heavy atom.